The first-order valence-electron chi connectivity index (χ1n) is 2.45. The molecule has 0 aromatic carbocycles. The molecule has 3 N–H and O–H groups in total. The van der Waals surface area contributed by atoms with Gasteiger partial charge in [-0.2, -0.15) is 0 Å². The number of aliphatic hydroxyl groups excluding tert-OH is 1. The minimum atomic E-state index is -1.77. The summed E-state index contributed by atoms with van der Waals surface area (Å²) in [5, 5.41) is 12.0. The number of aliphatic hydroxyl groups is 1. The fourth-order valence-corrected chi connectivity index (χ4v) is 0.511. The van der Waals surface area contributed by atoms with Crippen molar-refractivity contribution in [1.82, 2.24) is 10.6 Å². The zero-order valence-electron chi connectivity index (χ0n) is 4.75. The number of rotatable bonds is 0. The van der Waals surface area contributed by atoms with Crippen LogP contribution >= 0.6 is 0 Å². The number of hydrogen-bond donors (Lipinski definition) is 3. The van der Waals surface area contributed by atoms with Crippen LogP contribution in [0.4, 0.5) is 4.79 Å². The number of barbiturate groups is 1. The van der Waals surface area contributed by atoms with E-state index in [1.165, 1.54) is 0 Å². The summed E-state index contributed by atoms with van der Waals surface area (Å²) < 4.78 is 0. The van der Waals surface area contributed by atoms with E-state index < -0.39 is 23.9 Å². The van der Waals surface area contributed by atoms with Crippen molar-refractivity contribution in [3.8, 4) is 0 Å². The Kier molecular flexibility index (Phi) is 3.67. The molecule has 0 aliphatic carbocycles. The van der Waals surface area contributed by atoms with Crippen molar-refractivity contribution in [2.24, 2.45) is 0 Å². The van der Waals surface area contributed by atoms with Crippen molar-refractivity contribution < 1.29 is 19.5 Å². The summed E-state index contributed by atoms with van der Waals surface area (Å²) in [5.41, 5.74) is 0. The van der Waals surface area contributed by atoms with Gasteiger partial charge in [-0.05, 0) is 0 Å². The van der Waals surface area contributed by atoms with Crippen LogP contribution in [0.1, 0.15) is 0 Å². The Morgan fingerprint density at radius 3 is 1.82 bits per heavy atom. The van der Waals surface area contributed by atoms with Gasteiger partial charge >= 0.3 is 35.6 Å². The van der Waals surface area contributed by atoms with Gasteiger partial charge in [0, 0.05) is 0 Å². The molecular formula is C4H5N2NaO4. The summed E-state index contributed by atoms with van der Waals surface area (Å²) in [6, 6.07) is -0.903. The Morgan fingerprint density at radius 1 is 1.09 bits per heavy atom. The standard InChI is InChI=1S/C4H4N2O4.Na.H/c7-1-2(8)5-4(10)6-3(1)9;;/h1,7H,(H2,5,6,8,9,10);;. The molecule has 0 bridgehead atoms. The van der Waals surface area contributed by atoms with E-state index in [4.69, 9.17) is 5.11 Å². The second kappa shape index (κ2) is 3.82. The molecule has 6 nitrogen and oxygen atoms in total. The molecule has 0 radical (unpaired) electrons. The minimum absolute atomic E-state index is 0. The van der Waals surface area contributed by atoms with E-state index in [2.05, 4.69) is 0 Å². The molecule has 11 heavy (non-hydrogen) atoms. The van der Waals surface area contributed by atoms with Crippen LogP contribution in [0, 0.1) is 0 Å². The van der Waals surface area contributed by atoms with E-state index in [1.807, 2.05) is 0 Å². The van der Waals surface area contributed by atoms with Crippen LogP contribution in [-0.4, -0.2) is 58.6 Å². The van der Waals surface area contributed by atoms with Gasteiger partial charge in [0.25, 0.3) is 11.8 Å². The predicted octanol–water partition coefficient (Wildman–Crippen LogP) is -2.94. The average molecular weight is 168 g/mol. The maximum atomic E-state index is 10.4. The zero-order valence-corrected chi connectivity index (χ0v) is 4.75. The molecule has 7 heteroatoms. The molecule has 0 unspecified atom stereocenters. The first-order valence-corrected chi connectivity index (χ1v) is 2.45. The second-order valence-corrected chi connectivity index (χ2v) is 1.71. The van der Waals surface area contributed by atoms with E-state index in [0.29, 0.717) is 0 Å². The van der Waals surface area contributed by atoms with Crippen molar-refractivity contribution in [3.05, 3.63) is 0 Å². The van der Waals surface area contributed by atoms with Crippen LogP contribution in [0.15, 0.2) is 0 Å². The molecule has 1 aliphatic rings. The van der Waals surface area contributed by atoms with Crippen molar-refractivity contribution >= 4 is 47.4 Å². The summed E-state index contributed by atoms with van der Waals surface area (Å²) in [6.45, 7) is 0. The number of hydrogen-bond acceptors (Lipinski definition) is 4. The van der Waals surface area contributed by atoms with Crippen molar-refractivity contribution in [3.63, 3.8) is 0 Å². The fourth-order valence-electron chi connectivity index (χ4n) is 0.511. The molecular weight excluding hydrogens is 163 g/mol. The molecule has 1 aliphatic heterocycles. The van der Waals surface area contributed by atoms with Gasteiger partial charge in [0.15, 0.2) is 0 Å². The monoisotopic (exact) mass is 168 g/mol. The van der Waals surface area contributed by atoms with Gasteiger partial charge < -0.3 is 5.11 Å². The third kappa shape index (κ3) is 2.26. The van der Waals surface area contributed by atoms with Crippen molar-refractivity contribution in [1.29, 1.82) is 0 Å². The summed E-state index contributed by atoms with van der Waals surface area (Å²) >= 11 is 0. The quantitative estimate of drug-likeness (QED) is 0.266. The molecule has 1 rings (SSSR count). The van der Waals surface area contributed by atoms with Crippen LogP contribution in [0.3, 0.4) is 0 Å². The van der Waals surface area contributed by atoms with Gasteiger partial charge in [-0.15, -0.1) is 0 Å². The van der Waals surface area contributed by atoms with Gasteiger partial charge in [0.2, 0.25) is 6.10 Å². The summed E-state index contributed by atoms with van der Waals surface area (Å²) in [6.07, 6.45) is -1.77. The summed E-state index contributed by atoms with van der Waals surface area (Å²) in [4.78, 5) is 31.0. The number of carbonyl (C=O) groups excluding carboxylic acids is 3. The van der Waals surface area contributed by atoms with Crippen molar-refractivity contribution in [2.45, 2.75) is 6.10 Å². The molecule has 1 saturated heterocycles. The summed E-state index contributed by atoms with van der Waals surface area (Å²) in [7, 11) is 0. The number of amides is 4. The first kappa shape index (κ1) is 10.6. The number of carbonyl (C=O) groups is 3. The Hall–Kier alpha value is -0.430. The normalized spacial score (nSPS) is 18.5. The van der Waals surface area contributed by atoms with Crippen LogP contribution in [0.2, 0.25) is 0 Å². The Morgan fingerprint density at radius 2 is 1.45 bits per heavy atom. The maximum absolute atomic E-state index is 10.4. The van der Waals surface area contributed by atoms with E-state index in [9.17, 15) is 14.4 Å². The average Bonchev–Trinajstić information content (AvgIpc) is 1.82. The topological polar surface area (TPSA) is 95.5 Å². The molecule has 1 heterocycles. The predicted molar refractivity (Wildman–Crippen MR) is 34.8 cm³/mol. The van der Waals surface area contributed by atoms with Crippen LogP contribution in [-0.2, 0) is 9.59 Å². The molecule has 4 amide bonds. The molecule has 0 atom stereocenters. The van der Waals surface area contributed by atoms with Crippen molar-refractivity contribution in [2.75, 3.05) is 0 Å². The molecule has 0 aromatic rings. The summed E-state index contributed by atoms with van der Waals surface area (Å²) in [5.74, 6) is -1.98. The number of urea groups is 1. The van der Waals surface area contributed by atoms with Gasteiger partial charge in [-0.25, -0.2) is 4.79 Å². The fraction of sp³-hybridized carbons (Fsp3) is 0.250. The van der Waals surface area contributed by atoms with Gasteiger partial charge in [0.05, 0.1) is 0 Å². The van der Waals surface area contributed by atoms with Gasteiger partial charge in [-0.3, -0.25) is 20.2 Å². The Bertz CT molecular complexity index is 196. The molecule has 0 aromatic heterocycles. The van der Waals surface area contributed by atoms with Gasteiger partial charge in [0.1, 0.15) is 0 Å². The molecule has 56 valence electrons. The van der Waals surface area contributed by atoms with E-state index >= 15 is 0 Å². The molecule has 1 fully saturated rings. The van der Waals surface area contributed by atoms with E-state index in [-0.39, 0.29) is 29.6 Å². The zero-order chi connectivity index (χ0) is 7.72. The molecule has 0 saturated carbocycles. The third-order valence-corrected chi connectivity index (χ3v) is 0.970. The van der Waals surface area contributed by atoms with Crippen LogP contribution in [0.5, 0.6) is 0 Å². The Labute approximate surface area is 83.6 Å². The van der Waals surface area contributed by atoms with Crippen LogP contribution < -0.4 is 10.6 Å². The van der Waals surface area contributed by atoms with E-state index in [0.717, 1.165) is 0 Å². The first-order chi connectivity index (χ1) is 4.61. The second-order valence-electron chi connectivity index (χ2n) is 1.71. The number of imide groups is 2. The number of nitrogens with one attached hydrogen (secondary N) is 2. The third-order valence-electron chi connectivity index (χ3n) is 0.970. The van der Waals surface area contributed by atoms with Gasteiger partial charge in [-0.1, -0.05) is 0 Å². The van der Waals surface area contributed by atoms with Crippen LogP contribution in [0.25, 0.3) is 0 Å². The van der Waals surface area contributed by atoms with E-state index in [1.54, 1.807) is 10.6 Å². The SMILES string of the molecule is O=C1NC(=O)C(O)C(=O)N1.[NaH]. The Balaban J connectivity index is 0.000001000. The molecule has 0 spiro atoms.